The van der Waals surface area contributed by atoms with Gasteiger partial charge in [-0.05, 0) is 47.0 Å². The highest BCUT2D eigenvalue weighted by atomic mass is 19.1. The SMILES string of the molecule is O=C(NCc1cccnc1)[C@@H](Cc1ccccc1)N(Cc1ccc(F)cc1)C(=O)COc1ccccc1. The van der Waals surface area contributed by atoms with Crippen LogP contribution < -0.4 is 10.1 Å². The van der Waals surface area contributed by atoms with Crippen LogP contribution in [0, 0.1) is 5.82 Å². The van der Waals surface area contributed by atoms with Crippen LogP contribution in [-0.4, -0.2) is 34.3 Å². The van der Waals surface area contributed by atoms with Crippen LogP contribution in [-0.2, 0) is 29.1 Å². The highest BCUT2D eigenvalue weighted by molar-refractivity contribution is 5.88. The van der Waals surface area contributed by atoms with Gasteiger partial charge in [-0.25, -0.2) is 4.39 Å². The number of aromatic nitrogens is 1. The Balaban J connectivity index is 1.60. The van der Waals surface area contributed by atoms with Crippen LogP contribution in [0.25, 0.3) is 0 Å². The monoisotopic (exact) mass is 497 g/mol. The van der Waals surface area contributed by atoms with Crippen LogP contribution in [0.1, 0.15) is 16.7 Å². The van der Waals surface area contributed by atoms with Crippen LogP contribution in [0.3, 0.4) is 0 Å². The second kappa shape index (κ2) is 13.0. The van der Waals surface area contributed by atoms with Crippen molar-refractivity contribution >= 4 is 11.8 Å². The second-order valence-electron chi connectivity index (χ2n) is 8.53. The zero-order chi connectivity index (χ0) is 25.9. The second-order valence-corrected chi connectivity index (χ2v) is 8.53. The Bertz CT molecular complexity index is 1270. The van der Waals surface area contributed by atoms with E-state index in [1.54, 1.807) is 42.7 Å². The Morgan fingerprint density at radius 2 is 1.51 bits per heavy atom. The molecule has 7 heteroatoms. The van der Waals surface area contributed by atoms with E-state index in [1.807, 2.05) is 54.6 Å². The standard InChI is InChI=1S/C30H28FN3O3/c31-26-15-13-24(14-16-26)21-34(29(35)22-37-27-11-5-2-6-12-27)28(18-23-8-3-1-4-9-23)30(36)33-20-25-10-7-17-32-19-25/h1-17,19,28H,18,20-22H2,(H,33,36)/t28-/m1/s1. The number of halogens is 1. The molecule has 0 bridgehead atoms. The van der Waals surface area contributed by atoms with Gasteiger partial charge in [-0.1, -0.05) is 66.7 Å². The van der Waals surface area contributed by atoms with Gasteiger partial charge < -0.3 is 15.0 Å². The van der Waals surface area contributed by atoms with E-state index >= 15 is 0 Å². The molecule has 6 nitrogen and oxygen atoms in total. The van der Waals surface area contributed by atoms with Crippen LogP contribution in [0.5, 0.6) is 5.75 Å². The Kier molecular flexibility index (Phi) is 8.97. The highest BCUT2D eigenvalue weighted by Crippen LogP contribution is 2.17. The smallest absolute Gasteiger partial charge is 0.261 e. The van der Waals surface area contributed by atoms with E-state index in [2.05, 4.69) is 10.3 Å². The number of benzene rings is 3. The average molecular weight is 498 g/mol. The van der Waals surface area contributed by atoms with E-state index in [-0.39, 0.29) is 37.3 Å². The van der Waals surface area contributed by atoms with Gasteiger partial charge in [0.1, 0.15) is 17.6 Å². The third-order valence-corrected chi connectivity index (χ3v) is 5.83. The number of nitrogens with zero attached hydrogens (tertiary/aromatic N) is 2. The van der Waals surface area contributed by atoms with E-state index in [4.69, 9.17) is 4.74 Å². The summed E-state index contributed by atoms with van der Waals surface area (Å²) in [6, 6.07) is 27.3. The Morgan fingerprint density at radius 3 is 2.19 bits per heavy atom. The fraction of sp³-hybridized carbons (Fsp3) is 0.167. The molecule has 37 heavy (non-hydrogen) atoms. The van der Waals surface area contributed by atoms with E-state index in [0.717, 1.165) is 11.1 Å². The number of carbonyl (C=O) groups is 2. The van der Waals surface area contributed by atoms with Gasteiger partial charge in [0, 0.05) is 31.9 Å². The van der Waals surface area contributed by atoms with Crippen LogP contribution in [0.4, 0.5) is 4.39 Å². The van der Waals surface area contributed by atoms with Crippen molar-refractivity contribution in [3.05, 3.63) is 132 Å². The van der Waals surface area contributed by atoms with E-state index < -0.39 is 6.04 Å². The van der Waals surface area contributed by atoms with Crippen molar-refractivity contribution in [2.24, 2.45) is 0 Å². The highest BCUT2D eigenvalue weighted by Gasteiger charge is 2.30. The summed E-state index contributed by atoms with van der Waals surface area (Å²) in [5, 5.41) is 2.95. The molecule has 0 aliphatic carbocycles. The fourth-order valence-corrected chi connectivity index (χ4v) is 3.89. The molecule has 1 atom stereocenters. The maximum Gasteiger partial charge on any atom is 0.261 e. The minimum absolute atomic E-state index is 0.120. The predicted molar refractivity (Wildman–Crippen MR) is 139 cm³/mol. The van der Waals surface area contributed by atoms with Crippen molar-refractivity contribution in [1.82, 2.24) is 15.2 Å². The first-order valence-electron chi connectivity index (χ1n) is 12.0. The minimum Gasteiger partial charge on any atom is -0.484 e. The van der Waals surface area contributed by atoms with Crippen LogP contribution in [0.2, 0.25) is 0 Å². The number of ether oxygens (including phenoxy) is 1. The first-order chi connectivity index (χ1) is 18.1. The lowest BCUT2D eigenvalue weighted by atomic mass is 10.0. The molecule has 0 radical (unpaired) electrons. The van der Waals surface area contributed by atoms with Crippen molar-refractivity contribution in [2.75, 3.05) is 6.61 Å². The summed E-state index contributed by atoms with van der Waals surface area (Å²) in [4.78, 5) is 32.7. The molecule has 3 aromatic carbocycles. The normalized spacial score (nSPS) is 11.4. The van der Waals surface area contributed by atoms with E-state index in [9.17, 15) is 14.0 Å². The van der Waals surface area contributed by atoms with Crippen LogP contribution in [0.15, 0.2) is 109 Å². The lowest BCUT2D eigenvalue weighted by Gasteiger charge is -2.31. The molecule has 2 amide bonds. The lowest BCUT2D eigenvalue weighted by Crippen LogP contribution is -2.51. The summed E-state index contributed by atoms with van der Waals surface area (Å²) in [6.45, 7) is 0.151. The van der Waals surface area contributed by atoms with Gasteiger partial charge in [-0.2, -0.15) is 0 Å². The molecule has 1 heterocycles. The molecule has 0 aliphatic rings. The molecule has 1 aromatic heterocycles. The molecule has 4 aromatic rings. The van der Waals surface area contributed by atoms with Gasteiger partial charge in [0.05, 0.1) is 0 Å². The zero-order valence-corrected chi connectivity index (χ0v) is 20.3. The molecule has 0 spiro atoms. The van der Waals surface area contributed by atoms with Crippen molar-refractivity contribution in [3.8, 4) is 5.75 Å². The number of hydrogen-bond acceptors (Lipinski definition) is 4. The molecule has 4 rings (SSSR count). The van der Waals surface area contributed by atoms with Gasteiger partial charge in [0.25, 0.3) is 5.91 Å². The van der Waals surface area contributed by atoms with Gasteiger partial charge in [-0.3, -0.25) is 14.6 Å². The zero-order valence-electron chi connectivity index (χ0n) is 20.3. The number of carbonyl (C=O) groups excluding carboxylic acids is 2. The van der Waals surface area contributed by atoms with Crippen LogP contribution >= 0.6 is 0 Å². The molecule has 1 N–H and O–H groups in total. The number of para-hydroxylation sites is 1. The maximum atomic E-state index is 13.6. The molecule has 188 valence electrons. The summed E-state index contributed by atoms with van der Waals surface area (Å²) in [5.74, 6) is -0.476. The van der Waals surface area contributed by atoms with Crippen molar-refractivity contribution < 1.29 is 18.7 Å². The van der Waals surface area contributed by atoms with Crippen molar-refractivity contribution in [3.63, 3.8) is 0 Å². The quantitative estimate of drug-likeness (QED) is 0.330. The number of pyridine rings is 1. The number of nitrogens with one attached hydrogen (secondary N) is 1. The average Bonchev–Trinajstić information content (AvgIpc) is 2.95. The Morgan fingerprint density at radius 1 is 0.838 bits per heavy atom. The number of rotatable bonds is 11. The minimum atomic E-state index is -0.823. The molecular formula is C30H28FN3O3. The van der Waals surface area contributed by atoms with Gasteiger partial charge in [0.2, 0.25) is 5.91 Å². The largest absolute Gasteiger partial charge is 0.484 e. The third kappa shape index (κ3) is 7.73. The summed E-state index contributed by atoms with van der Waals surface area (Å²) < 4.78 is 19.3. The topological polar surface area (TPSA) is 71.5 Å². The van der Waals surface area contributed by atoms with E-state index in [1.165, 1.54) is 17.0 Å². The molecule has 0 aliphatic heterocycles. The summed E-state index contributed by atoms with van der Waals surface area (Å²) in [5.41, 5.74) is 2.45. The maximum absolute atomic E-state index is 13.6. The fourth-order valence-electron chi connectivity index (χ4n) is 3.89. The molecule has 0 fully saturated rings. The first-order valence-corrected chi connectivity index (χ1v) is 12.0. The molecule has 0 saturated heterocycles. The van der Waals surface area contributed by atoms with Crippen molar-refractivity contribution in [1.29, 1.82) is 0 Å². The van der Waals surface area contributed by atoms with Crippen molar-refractivity contribution in [2.45, 2.75) is 25.6 Å². The summed E-state index contributed by atoms with van der Waals surface area (Å²) in [7, 11) is 0. The third-order valence-electron chi connectivity index (χ3n) is 5.83. The summed E-state index contributed by atoms with van der Waals surface area (Å²) >= 11 is 0. The number of hydrogen-bond donors (Lipinski definition) is 1. The molecule has 0 unspecified atom stereocenters. The van der Waals surface area contributed by atoms with Gasteiger partial charge >= 0.3 is 0 Å². The lowest BCUT2D eigenvalue weighted by molar-refractivity contribution is -0.142. The molecular weight excluding hydrogens is 469 g/mol. The van der Waals surface area contributed by atoms with E-state index in [0.29, 0.717) is 17.7 Å². The Hall–Kier alpha value is -4.52. The number of amides is 2. The molecule has 0 saturated carbocycles. The Labute approximate surface area is 215 Å². The van der Waals surface area contributed by atoms with Gasteiger partial charge in [-0.15, -0.1) is 0 Å². The summed E-state index contributed by atoms with van der Waals surface area (Å²) in [6.07, 6.45) is 3.65. The van der Waals surface area contributed by atoms with Gasteiger partial charge in [0.15, 0.2) is 6.61 Å². The first kappa shape index (κ1) is 25.6. The predicted octanol–water partition coefficient (Wildman–Crippen LogP) is 4.56.